The summed E-state index contributed by atoms with van der Waals surface area (Å²) in [6.45, 7) is 11.9. The zero-order valence-electron chi connectivity index (χ0n) is 28.0. The van der Waals surface area contributed by atoms with Crippen LogP contribution in [0.3, 0.4) is 0 Å². The fourth-order valence-electron chi connectivity index (χ4n) is 12.7. The Morgan fingerprint density at radius 1 is 1.07 bits per heavy atom. The third-order valence-electron chi connectivity index (χ3n) is 14.8. The van der Waals surface area contributed by atoms with Gasteiger partial charge in [-0.1, -0.05) is 37.1 Å². The van der Waals surface area contributed by atoms with Crippen LogP contribution in [0.4, 0.5) is 0 Å². The molecule has 3 heterocycles. The van der Waals surface area contributed by atoms with Crippen LogP contribution in [0.5, 0.6) is 0 Å². The molecule has 0 unspecified atom stereocenters. The molecule has 5 aliphatic carbocycles. The minimum absolute atomic E-state index is 0.0705. The molecule has 9 nitrogen and oxygen atoms in total. The van der Waals surface area contributed by atoms with E-state index in [1.54, 1.807) is 0 Å². The quantitative estimate of drug-likeness (QED) is 0.269. The number of fused-ring (bicyclic) bond motifs is 6. The summed E-state index contributed by atoms with van der Waals surface area (Å²) in [5.74, 6) is -2.54. The van der Waals surface area contributed by atoms with Gasteiger partial charge in [0.05, 0.1) is 28.5 Å². The Morgan fingerprint density at radius 2 is 1.80 bits per heavy atom. The average molecular weight is 638 g/mol. The second-order valence-electron chi connectivity index (χ2n) is 17.0. The summed E-state index contributed by atoms with van der Waals surface area (Å²) in [6, 6.07) is 0. The van der Waals surface area contributed by atoms with Gasteiger partial charge in [-0.15, -0.1) is 0 Å². The third kappa shape index (κ3) is 3.82. The number of aliphatic hydroxyl groups is 2. The van der Waals surface area contributed by atoms with Crippen molar-refractivity contribution in [1.29, 1.82) is 0 Å². The van der Waals surface area contributed by atoms with Crippen LogP contribution in [0.15, 0.2) is 23.8 Å². The Labute approximate surface area is 272 Å². The molecule has 8 rings (SSSR count). The summed E-state index contributed by atoms with van der Waals surface area (Å²) in [4.78, 5) is 43.6. The minimum Gasteiger partial charge on any atom is -0.462 e. The maximum absolute atomic E-state index is 14.8. The predicted octanol–water partition coefficient (Wildman–Crippen LogP) is 3.95. The van der Waals surface area contributed by atoms with E-state index >= 15 is 0 Å². The van der Waals surface area contributed by atoms with E-state index in [2.05, 4.69) is 30.1 Å². The van der Waals surface area contributed by atoms with Gasteiger partial charge in [0, 0.05) is 54.4 Å². The van der Waals surface area contributed by atoms with Crippen LogP contribution in [-0.4, -0.2) is 82.2 Å². The number of rotatable bonds is 3. The van der Waals surface area contributed by atoms with Gasteiger partial charge in [0.1, 0.15) is 18.3 Å². The molecule has 3 saturated heterocycles. The lowest BCUT2D eigenvalue weighted by atomic mass is 9.54. The number of ether oxygens (including phenoxy) is 3. The van der Waals surface area contributed by atoms with Crippen molar-refractivity contribution in [3.63, 3.8) is 0 Å². The second-order valence-corrected chi connectivity index (χ2v) is 17.0. The number of hydrogen-bond donors (Lipinski definition) is 2. The Kier molecular flexibility index (Phi) is 6.69. The standard InChI is InChI=1S/C37H51NO8/c1-20-9-10-24-26(20)29-27(25(44-21(2)39)17-34(24,4)42)37(32(41)46-29)19-36-14-13-33(37,3)30(36)28-22(11-12-35(36,5)43)23(31(40)45-28)18-38-15-7-6-8-16-38/h9,13-14,22-30,42-43H,6-8,10-12,15-19H2,1-5H3/t22-,23-,24+,25-,26-,27+,28-,29+,30-,33+,34+,35+,36-,37-/m0/s1. The Morgan fingerprint density at radius 3 is 2.52 bits per heavy atom. The van der Waals surface area contributed by atoms with Crippen LogP contribution in [-0.2, 0) is 28.6 Å². The van der Waals surface area contributed by atoms with Crippen molar-refractivity contribution in [3.8, 4) is 0 Å². The lowest BCUT2D eigenvalue weighted by Gasteiger charge is -2.46. The van der Waals surface area contributed by atoms with Crippen molar-refractivity contribution in [2.75, 3.05) is 19.6 Å². The lowest BCUT2D eigenvalue weighted by molar-refractivity contribution is -0.165. The zero-order chi connectivity index (χ0) is 32.6. The van der Waals surface area contributed by atoms with Crippen molar-refractivity contribution >= 4 is 17.9 Å². The number of piperidine rings is 1. The van der Waals surface area contributed by atoms with Gasteiger partial charge in [-0.25, -0.2) is 0 Å². The highest BCUT2D eigenvalue weighted by atomic mass is 16.6. The van der Waals surface area contributed by atoms with E-state index in [4.69, 9.17) is 14.2 Å². The SMILES string of the molecule is CC(=O)O[C@H]1C[C@@](C)(O)[C@@H]2CC=C(C)[C@@H]2[C@H]2OC(=O)[C@]3(C[C@@]45C=C[C@]3(C)[C@@H]4[C@H]3OC(=O)[C@@H](CN4CCCCC4)[C@@H]3CC[C@@]5(C)O)[C@@H]21. The molecule has 6 fully saturated rings. The number of carbonyl (C=O) groups is 3. The number of hydrogen-bond acceptors (Lipinski definition) is 9. The fourth-order valence-corrected chi connectivity index (χ4v) is 12.7. The van der Waals surface area contributed by atoms with E-state index in [-0.39, 0.29) is 47.9 Å². The summed E-state index contributed by atoms with van der Waals surface area (Å²) in [7, 11) is 0. The van der Waals surface area contributed by atoms with Crippen LogP contribution in [0, 0.1) is 51.8 Å². The van der Waals surface area contributed by atoms with Crippen molar-refractivity contribution in [1.82, 2.24) is 4.90 Å². The minimum atomic E-state index is -1.17. The number of allylic oxidation sites excluding steroid dienone is 2. The van der Waals surface area contributed by atoms with Crippen molar-refractivity contribution in [2.45, 2.75) is 115 Å². The second kappa shape index (κ2) is 9.91. The first-order valence-corrected chi connectivity index (χ1v) is 17.8. The average Bonchev–Trinajstić information content (AvgIpc) is 3.70. The van der Waals surface area contributed by atoms with Gasteiger partial charge in [-0.05, 0) is 72.4 Å². The van der Waals surface area contributed by atoms with Gasteiger partial charge in [0.15, 0.2) is 0 Å². The lowest BCUT2D eigenvalue weighted by Crippen LogP contribution is -2.53. The van der Waals surface area contributed by atoms with Gasteiger partial charge >= 0.3 is 17.9 Å². The maximum Gasteiger partial charge on any atom is 0.313 e. The molecule has 46 heavy (non-hydrogen) atoms. The van der Waals surface area contributed by atoms with Gasteiger partial charge in [0.25, 0.3) is 0 Å². The monoisotopic (exact) mass is 637 g/mol. The number of carbonyl (C=O) groups excluding carboxylic acids is 3. The molecule has 2 bridgehead atoms. The third-order valence-corrected chi connectivity index (χ3v) is 14.8. The molecule has 0 aromatic carbocycles. The molecule has 3 saturated carbocycles. The van der Waals surface area contributed by atoms with E-state index in [1.165, 1.54) is 13.3 Å². The molecule has 8 aliphatic rings. The first-order chi connectivity index (χ1) is 21.7. The fraction of sp³-hybridized carbons (Fsp3) is 0.811. The smallest absolute Gasteiger partial charge is 0.313 e. The summed E-state index contributed by atoms with van der Waals surface area (Å²) in [5.41, 5.74) is -4.06. The number of likely N-dealkylation sites (tertiary alicyclic amines) is 1. The van der Waals surface area contributed by atoms with E-state index in [0.717, 1.165) is 31.5 Å². The first kappa shape index (κ1) is 31.1. The largest absolute Gasteiger partial charge is 0.462 e. The number of nitrogens with zero attached hydrogens (tertiary/aromatic N) is 1. The van der Waals surface area contributed by atoms with E-state index < -0.39 is 57.6 Å². The van der Waals surface area contributed by atoms with Crippen LogP contribution in [0.2, 0.25) is 0 Å². The molecule has 1 spiro atoms. The predicted molar refractivity (Wildman–Crippen MR) is 167 cm³/mol. The van der Waals surface area contributed by atoms with Gasteiger partial charge in [-0.3, -0.25) is 14.4 Å². The van der Waals surface area contributed by atoms with Crippen LogP contribution in [0.1, 0.15) is 86.0 Å². The van der Waals surface area contributed by atoms with Crippen molar-refractivity contribution < 1.29 is 38.8 Å². The number of esters is 3. The highest BCUT2D eigenvalue weighted by molar-refractivity contribution is 5.84. The molecule has 3 aliphatic heterocycles. The normalized spacial score (nSPS) is 53.9. The zero-order valence-corrected chi connectivity index (χ0v) is 28.0. The molecule has 0 radical (unpaired) electrons. The van der Waals surface area contributed by atoms with E-state index in [9.17, 15) is 24.6 Å². The summed E-state index contributed by atoms with van der Waals surface area (Å²) >= 11 is 0. The molecule has 0 aromatic heterocycles. The van der Waals surface area contributed by atoms with Crippen LogP contribution < -0.4 is 0 Å². The molecular formula is C37H51NO8. The highest BCUT2D eigenvalue weighted by Gasteiger charge is 2.85. The van der Waals surface area contributed by atoms with Gasteiger partial charge in [-0.2, -0.15) is 0 Å². The molecule has 0 aromatic rings. The highest BCUT2D eigenvalue weighted by Crippen LogP contribution is 2.80. The Balaban J connectivity index is 1.26. The molecule has 2 N–H and O–H groups in total. The topological polar surface area (TPSA) is 123 Å². The van der Waals surface area contributed by atoms with Crippen LogP contribution in [0.25, 0.3) is 0 Å². The van der Waals surface area contributed by atoms with E-state index in [1.807, 2.05) is 20.8 Å². The molecule has 0 amide bonds. The van der Waals surface area contributed by atoms with Gasteiger partial charge < -0.3 is 29.3 Å². The van der Waals surface area contributed by atoms with Crippen molar-refractivity contribution in [2.24, 2.45) is 51.8 Å². The summed E-state index contributed by atoms with van der Waals surface area (Å²) < 4.78 is 19.1. The van der Waals surface area contributed by atoms with Gasteiger partial charge in [0.2, 0.25) is 0 Å². The molecule has 14 atom stereocenters. The Bertz CT molecular complexity index is 1410. The summed E-state index contributed by atoms with van der Waals surface area (Å²) in [5, 5.41) is 24.5. The van der Waals surface area contributed by atoms with Crippen LogP contribution >= 0.6 is 0 Å². The Hall–Kier alpha value is -2.23. The molecule has 9 heteroatoms. The summed E-state index contributed by atoms with van der Waals surface area (Å²) in [6.07, 6.45) is 10.4. The maximum atomic E-state index is 14.8. The molecule has 252 valence electrons. The molecular weight excluding hydrogens is 586 g/mol. The van der Waals surface area contributed by atoms with E-state index in [0.29, 0.717) is 32.2 Å². The van der Waals surface area contributed by atoms with Crippen molar-refractivity contribution in [3.05, 3.63) is 23.8 Å². The first-order valence-electron chi connectivity index (χ1n) is 17.8.